The fourth-order valence-electron chi connectivity index (χ4n) is 1.45. The lowest BCUT2D eigenvalue weighted by Crippen LogP contribution is -2.39. The second-order valence-corrected chi connectivity index (χ2v) is 3.65. The molecule has 5 nitrogen and oxygen atoms in total. The molecular formula is C13H17NO4. The van der Waals surface area contributed by atoms with Gasteiger partial charge in [-0.1, -0.05) is 12.1 Å². The maximum Gasteiger partial charge on any atom is 0.328 e. The number of methoxy groups -OCH3 is 1. The van der Waals surface area contributed by atoms with Crippen molar-refractivity contribution in [3.8, 4) is 5.75 Å². The number of benzene rings is 1. The molecule has 0 radical (unpaired) electrons. The average Bonchev–Trinajstić information content (AvgIpc) is 2.38. The zero-order chi connectivity index (χ0) is 13.5. The van der Waals surface area contributed by atoms with E-state index in [1.165, 1.54) is 7.11 Å². The number of nitrogens with one attached hydrogen (secondary N) is 1. The first kappa shape index (κ1) is 14.0. The lowest BCUT2D eigenvalue weighted by atomic mass is 10.1. The second kappa shape index (κ2) is 6.64. The summed E-state index contributed by atoms with van der Waals surface area (Å²) in [5, 5.41) is 2.55. The highest BCUT2D eigenvalue weighted by atomic mass is 16.5. The van der Waals surface area contributed by atoms with E-state index in [0.717, 1.165) is 0 Å². The predicted molar refractivity (Wildman–Crippen MR) is 66.6 cm³/mol. The van der Waals surface area contributed by atoms with Gasteiger partial charge in [0.1, 0.15) is 11.8 Å². The molecule has 1 rings (SSSR count). The predicted octanol–water partition coefficient (Wildman–Crippen LogP) is 1.38. The molecule has 1 amide bonds. The van der Waals surface area contributed by atoms with Crippen LogP contribution in [0.25, 0.3) is 0 Å². The van der Waals surface area contributed by atoms with E-state index in [0.29, 0.717) is 17.9 Å². The third kappa shape index (κ3) is 3.48. The molecule has 1 atom stereocenters. The van der Waals surface area contributed by atoms with E-state index in [-0.39, 0.29) is 5.91 Å². The van der Waals surface area contributed by atoms with Crippen molar-refractivity contribution in [3.63, 3.8) is 0 Å². The Labute approximate surface area is 106 Å². The first-order chi connectivity index (χ1) is 8.60. The molecule has 0 aromatic heterocycles. The van der Waals surface area contributed by atoms with Gasteiger partial charge in [-0.3, -0.25) is 4.79 Å². The van der Waals surface area contributed by atoms with Gasteiger partial charge in [-0.2, -0.15) is 0 Å². The van der Waals surface area contributed by atoms with Crippen LogP contribution in [0, 0.1) is 0 Å². The SMILES string of the molecule is CCOc1ccccc1C(=O)N[C@@H](C)C(=O)OC. The second-order valence-electron chi connectivity index (χ2n) is 3.65. The van der Waals surface area contributed by atoms with E-state index >= 15 is 0 Å². The molecule has 1 N–H and O–H groups in total. The van der Waals surface area contributed by atoms with Crippen LogP contribution >= 0.6 is 0 Å². The standard InChI is InChI=1S/C13H17NO4/c1-4-18-11-8-6-5-7-10(11)12(15)14-9(2)13(16)17-3/h5-9H,4H2,1-3H3,(H,14,15)/t9-/m0/s1. The third-order valence-corrected chi connectivity index (χ3v) is 2.33. The minimum absolute atomic E-state index is 0.364. The molecule has 0 fully saturated rings. The number of hydrogen-bond acceptors (Lipinski definition) is 4. The van der Waals surface area contributed by atoms with Crippen molar-refractivity contribution in [1.82, 2.24) is 5.32 Å². The van der Waals surface area contributed by atoms with Crippen molar-refractivity contribution in [2.24, 2.45) is 0 Å². The molecule has 0 aliphatic heterocycles. The Morgan fingerprint density at radius 3 is 2.61 bits per heavy atom. The Hall–Kier alpha value is -2.04. The Morgan fingerprint density at radius 2 is 2.00 bits per heavy atom. The summed E-state index contributed by atoms with van der Waals surface area (Å²) in [6, 6.07) is 6.18. The maximum absolute atomic E-state index is 12.0. The summed E-state index contributed by atoms with van der Waals surface area (Å²) in [5.41, 5.74) is 0.398. The molecule has 0 aliphatic carbocycles. The van der Waals surface area contributed by atoms with Gasteiger partial charge in [0.2, 0.25) is 0 Å². The van der Waals surface area contributed by atoms with Gasteiger partial charge in [-0.15, -0.1) is 0 Å². The summed E-state index contributed by atoms with van der Waals surface area (Å²) in [5.74, 6) is -0.358. The van der Waals surface area contributed by atoms with Crippen molar-refractivity contribution >= 4 is 11.9 Å². The number of ether oxygens (including phenoxy) is 2. The molecule has 0 bridgehead atoms. The Kier molecular flexibility index (Phi) is 5.17. The Bertz CT molecular complexity index is 431. The highest BCUT2D eigenvalue weighted by molar-refractivity contribution is 5.98. The molecule has 1 aromatic rings. The number of para-hydroxylation sites is 1. The van der Waals surface area contributed by atoms with E-state index in [9.17, 15) is 9.59 Å². The van der Waals surface area contributed by atoms with E-state index in [2.05, 4.69) is 10.1 Å². The Morgan fingerprint density at radius 1 is 1.33 bits per heavy atom. The van der Waals surface area contributed by atoms with Gasteiger partial charge in [0.25, 0.3) is 5.91 Å². The zero-order valence-corrected chi connectivity index (χ0v) is 10.7. The molecule has 18 heavy (non-hydrogen) atoms. The van der Waals surface area contributed by atoms with Gasteiger partial charge in [0, 0.05) is 0 Å². The number of carbonyl (C=O) groups is 2. The molecule has 0 heterocycles. The quantitative estimate of drug-likeness (QED) is 0.803. The largest absolute Gasteiger partial charge is 0.493 e. The van der Waals surface area contributed by atoms with Gasteiger partial charge >= 0.3 is 5.97 Å². The normalized spacial score (nSPS) is 11.5. The van der Waals surface area contributed by atoms with E-state index in [1.807, 2.05) is 6.92 Å². The first-order valence-corrected chi connectivity index (χ1v) is 5.70. The summed E-state index contributed by atoms with van der Waals surface area (Å²) in [4.78, 5) is 23.2. The third-order valence-electron chi connectivity index (χ3n) is 2.33. The van der Waals surface area contributed by atoms with E-state index in [4.69, 9.17) is 4.74 Å². The number of carbonyl (C=O) groups excluding carboxylic acids is 2. The van der Waals surface area contributed by atoms with Crippen LogP contribution in [-0.4, -0.2) is 31.6 Å². The smallest absolute Gasteiger partial charge is 0.328 e. The van der Waals surface area contributed by atoms with E-state index in [1.54, 1.807) is 31.2 Å². The average molecular weight is 251 g/mol. The summed E-state index contributed by atoms with van der Waals surface area (Å²) in [7, 11) is 1.28. The van der Waals surface area contributed by atoms with Crippen LogP contribution < -0.4 is 10.1 Å². The summed E-state index contributed by atoms with van der Waals surface area (Å²) >= 11 is 0. The summed E-state index contributed by atoms with van der Waals surface area (Å²) < 4.78 is 9.89. The van der Waals surface area contributed by atoms with Crippen LogP contribution in [0.5, 0.6) is 5.75 Å². The van der Waals surface area contributed by atoms with Crippen LogP contribution in [0.1, 0.15) is 24.2 Å². The summed E-state index contributed by atoms with van der Waals surface area (Å²) in [6.45, 7) is 3.87. The van der Waals surface area contributed by atoms with Crippen molar-refractivity contribution in [1.29, 1.82) is 0 Å². The lowest BCUT2D eigenvalue weighted by molar-refractivity contribution is -0.142. The Balaban J connectivity index is 2.81. The highest BCUT2D eigenvalue weighted by Gasteiger charge is 2.19. The van der Waals surface area contributed by atoms with Gasteiger partial charge in [0.15, 0.2) is 0 Å². The fourth-order valence-corrected chi connectivity index (χ4v) is 1.45. The molecule has 98 valence electrons. The van der Waals surface area contributed by atoms with Gasteiger partial charge < -0.3 is 14.8 Å². The van der Waals surface area contributed by atoms with E-state index < -0.39 is 12.0 Å². The molecule has 5 heteroatoms. The zero-order valence-electron chi connectivity index (χ0n) is 10.7. The number of rotatable bonds is 5. The fraction of sp³-hybridized carbons (Fsp3) is 0.385. The lowest BCUT2D eigenvalue weighted by Gasteiger charge is -2.13. The minimum Gasteiger partial charge on any atom is -0.493 e. The van der Waals surface area contributed by atoms with Gasteiger partial charge in [-0.05, 0) is 26.0 Å². The topological polar surface area (TPSA) is 64.6 Å². The molecule has 0 saturated carbocycles. The van der Waals surface area contributed by atoms with Crippen LogP contribution in [0.2, 0.25) is 0 Å². The molecular weight excluding hydrogens is 234 g/mol. The van der Waals surface area contributed by atoms with Gasteiger partial charge in [-0.25, -0.2) is 4.79 Å². The number of esters is 1. The van der Waals surface area contributed by atoms with Crippen molar-refractivity contribution in [3.05, 3.63) is 29.8 Å². The highest BCUT2D eigenvalue weighted by Crippen LogP contribution is 2.17. The van der Waals surface area contributed by atoms with Crippen LogP contribution in [-0.2, 0) is 9.53 Å². The first-order valence-electron chi connectivity index (χ1n) is 5.70. The van der Waals surface area contributed by atoms with Crippen LogP contribution in [0.3, 0.4) is 0 Å². The van der Waals surface area contributed by atoms with Crippen LogP contribution in [0.15, 0.2) is 24.3 Å². The molecule has 0 aliphatic rings. The molecule has 0 spiro atoms. The molecule has 0 unspecified atom stereocenters. The molecule has 0 saturated heterocycles. The van der Waals surface area contributed by atoms with Crippen molar-refractivity contribution in [2.45, 2.75) is 19.9 Å². The van der Waals surface area contributed by atoms with Crippen LogP contribution in [0.4, 0.5) is 0 Å². The number of hydrogen-bond donors (Lipinski definition) is 1. The minimum atomic E-state index is -0.697. The molecule has 1 aromatic carbocycles. The van der Waals surface area contributed by atoms with Crippen molar-refractivity contribution < 1.29 is 19.1 Å². The van der Waals surface area contributed by atoms with Gasteiger partial charge in [0.05, 0.1) is 19.3 Å². The monoisotopic (exact) mass is 251 g/mol. The van der Waals surface area contributed by atoms with Crippen molar-refractivity contribution in [2.75, 3.05) is 13.7 Å². The summed E-state index contributed by atoms with van der Waals surface area (Å²) in [6.07, 6.45) is 0. The maximum atomic E-state index is 12.0. The number of amides is 1.